The van der Waals surface area contributed by atoms with Crippen LogP contribution in [0.4, 0.5) is 0 Å². The van der Waals surface area contributed by atoms with Gasteiger partial charge in [-0.05, 0) is 38.5 Å². The molecule has 4 heteroatoms. The molecule has 0 aromatic carbocycles. The minimum atomic E-state index is -0.144. The number of likely N-dealkylation sites (tertiary alicyclic amines) is 1. The number of nitrogens with one attached hydrogen (secondary N) is 1. The summed E-state index contributed by atoms with van der Waals surface area (Å²) in [5, 5.41) is 13.4. The zero-order valence-electron chi connectivity index (χ0n) is 12.8. The van der Waals surface area contributed by atoms with E-state index >= 15 is 0 Å². The Bertz CT molecular complexity index is 380. The highest BCUT2D eigenvalue weighted by Gasteiger charge is 2.32. The fourth-order valence-corrected chi connectivity index (χ4v) is 4.04. The predicted molar refractivity (Wildman–Crippen MR) is 82.9 cm³/mol. The summed E-state index contributed by atoms with van der Waals surface area (Å²) in [5.74, 6) is 0.402. The van der Waals surface area contributed by atoms with Crippen LogP contribution < -0.4 is 5.32 Å². The van der Waals surface area contributed by atoms with E-state index in [-0.39, 0.29) is 17.9 Å². The lowest BCUT2D eigenvalue weighted by Crippen LogP contribution is -2.52. The largest absolute Gasteiger partial charge is 0.391 e. The van der Waals surface area contributed by atoms with Crippen LogP contribution in [0.5, 0.6) is 0 Å². The average molecular weight is 292 g/mol. The number of aliphatic hydroxyl groups is 1. The molecule has 1 saturated carbocycles. The normalized spacial score (nSPS) is 32.4. The molecular weight excluding hydrogens is 264 g/mol. The Labute approximate surface area is 127 Å². The molecule has 1 heterocycles. The Morgan fingerprint density at radius 1 is 1.05 bits per heavy atom. The van der Waals surface area contributed by atoms with Crippen molar-refractivity contribution in [3.05, 3.63) is 12.2 Å². The number of hydrogen-bond acceptors (Lipinski definition) is 3. The van der Waals surface area contributed by atoms with Crippen molar-refractivity contribution < 1.29 is 9.90 Å². The lowest BCUT2D eigenvalue weighted by atomic mass is 9.89. The highest BCUT2D eigenvalue weighted by atomic mass is 16.3. The number of carbonyl (C=O) groups excluding carboxylic acids is 1. The van der Waals surface area contributed by atoms with Gasteiger partial charge in [-0.3, -0.25) is 9.69 Å². The molecule has 1 saturated heterocycles. The Hall–Kier alpha value is -0.870. The van der Waals surface area contributed by atoms with Gasteiger partial charge in [-0.1, -0.05) is 25.0 Å². The summed E-state index contributed by atoms with van der Waals surface area (Å²) in [6.07, 6.45) is 12.4. The topological polar surface area (TPSA) is 52.6 Å². The SMILES string of the molecule is O=C(NC1CCN(C2CCCCC2O)CC1)C1CC=CC1. The fraction of sp³-hybridized carbons (Fsp3) is 0.824. The number of rotatable bonds is 3. The maximum atomic E-state index is 12.1. The fourth-order valence-electron chi connectivity index (χ4n) is 4.04. The second kappa shape index (κ2) is 6.93. The molecular formula is C17H28N2O2. The van der Waals surface area contributed by atoms with E-state index in [1.54, 1.807) is 0 Å². The number of nitrogens with zero attached hydrogens (tertiary/aromatic N) is 1. The van der Waals surface area contributed by atoms with Gasteiger partial charge in [0.05, 0.1) is 6.10 Å². The van der Waals surface area contributed by atoms with Crippen LogP contribution in [0.25, 0.3) is 0 Å². The molecule has 2 fully saturated rings. The molecule has 3 rings (SSSR count). The van der Waals surface area contributed by atoms with Crippen LogP contribution in [-0.4, -0.2) is 47.2 Å². The highest BCUT2D eigenvalue weighted by Crippen LogP contribution is 2.26. The number of piperidine rings is 1. The average Bonchev–Trinajstić information content (AvgIpc) is 3.03. The van der Waals surface area contributed by atoms with Crippen molar-refractivity contribution in [3.63, 3.8) is 0 Å². The lowest BCUT2D eigenvalue weighted by Gasteiger charge is -2.41. The van der Waals surface area contributed by atoms with Gasteiger partial charge < -0.3 is 10.4 Å². The highest BCUT2D eigenvalue weighted by molar-refractivity contribution is 5.79. The summed E-state index contributed by atoms with van der Waals surface area (Å²) in [4.78, 5) is 14.6. The van der Waals surface area contributed by atoms with Gasteiger partial charge in [-0.15, -0.1) is 0 Å². The number of amides is 1. The van der Waals surface area contributed by atoms with Crippen molar-refractivity contribution in [2.24, 2.45) is 5.92 Å². The third-order valence-electron chi connectivity index (χ3n) is 5.42. The second-order valence-electron chi connectivity index (χ2n) is 6.88. The molecule has 21 heavy (non-hydrogen) atoms. The molecule has 0 aromatic heterocycles. The van der Waals surface area contributed by atoms with Gasteiger partial charge in [-0.2, -0.15) is 0 Å². The minimum absolute atomic E-state index is 0.144. The van der Waals surface area contributed by atoms with Crippen LogP contribution in [0, 0.1) is 5.92 Å². The first-order valence-corrected chi connectivity index (χ1v) is 8.61. The van der Waals surface area contributed by atoms with E-state index in [1.165, 1.54) is 12.8 Å². The molecule has 3 aliphatic rings. The van der Waals surface area contributed by atoms with E-state index in [1.807, 2.05) is 0 Å². The molecule has 0 radical (unpaired) electrons. The third kappa shape index (κ3) is 3.67. The molecule has 1 amide bonds. The molecule has 4 nitrogen and oxygen atoms in total. The molecule has 118 valence electrons. The second-order valence-corrected chi connectivity index (χ2v) is 6.88. The van der Waals surface area contributed by atoms with Crippen molar-refractivity contribution in [2.75, 3.05) is 13.1 Å². The first-order chi connectivity index (χ1) is 10.2. The number of carbonyl (C=O) groups is 1. The van der Waals surface area contributed by atoms with E-state index in [2.05, 4.69) is 22.4 Å². The van der Waals surface area contributed by atoms with Gasteiger partial charge in [0, 0.05) is 31.1 Å². The van der Waals surface area contributed by atoms with Crippen molar-refractivity contribution >= 4 is 5.91 Å². The first kappa shape index (κ1) is 15.0. The van der Waals surface area contributed by atoms with Gasteiger partial charge in [0.15, 0.2) is 0 Å². The van der Waals surface area contributed by atoms with Gasteiger partial charge in [0.25, 0.3) is 0 Å². The third-order valence-corrected chi connectivity index (χ3v) is 5.42. The predicted octanol–water partition coefficient (Wildman–Crippen LogP) is 1.84. The molecule has 0 bridgehead atoms. The number of hydrogen-bond donors (Lipinski definition) is 2. The van der Waals surface area contributed by atoms with E-state index in [0.717, 1.165) is 51.6 Å². The van der Waals surface area contributed by atoms with Gasteiger partial charge in [0.1, 0.15) is 0 Å². The Morgan fingerprint density at radius 2 is 1.71 bits per heavy atom. The zero-order valence-corrected chi connectivity index (χ0v) is 12.8. The van der Waals surface area contributed by atoms with Crippen molar-refractivity contribution in [3.8, 4) is 0 Å². The Kier molecular flexibility index (Phi) is 4.96. The van der Waals surface area contributed by atoms with Gasteiger partial charge in [0.2, 0.25) is 5.91 Å². The summed E-state index contributed by atoms with van der Waals surface area (Å²) in [6, 6.07) is 0.685. The van der Waals surface area contributed by atoms with E-state index in [4.69, 9.17) is 0 Å². The van der Waals surface area contributed by atoms with Crippen LogP contribution in [-0.2, 0) is 4.79 Å². The lowest BCUT2D eigenvalue weighted by molar-refractivity contribution is -0.125. The van der Waals surface area contributed by atoms with Gasteiger partial charge >= 0.3 is 0 Å². The maximum absolute atomic E-state index is 12.1. The van der Waals surface area contributed by atoms with E-state index < -0.39 is 0 Å². The van der Waals surface area contributed by atoms with E-state index in [9.17, 15) is 9.90 Å². The molecule has 2 atom stereocenters. The molecule has 1 aliphatic heterocycles. The van der Waals surface area contributed by atoms with Crippen LogP contribution in [0.15, 0.2) is 12.2 Å². The molecule has 0 aromatic rings. The first-order valence-electron chi connectivity index (χ1n) is 8.61. The Morgan fingerprint density at radius 3 is 2.38 bits per heavy atom. The maximum Gasteiger partial charge on any atom is 0.223 e. The summed E-state index contributed by atoms with van der Waals surface area (Å²) in [5.41, 5.74) is 0. The quantitative estimate of drug-likeness (QED) is 0.780. The van der Waals surface area contributed by atoms with Gasteiger partial charge in [-0.25, -0.2) is 0 Å². The summed E-state index contributed by atoms with van der Waals surface area (Å²) < 4.78 is 0. The standard InChI is InChI=1S/C17H28N2O2/c20-16-8-4-3-7-15(16)19-11-9-14(10-12-19)18-17(21)13-5-1-2-6-13/h1-2,13-16,20H,3-12H2,(H,18,21). The number of aliphatic hydroxyl groups excluding tert-OH is 1. The van der Waals surface area contributed by atoms with Crippen molar-refractivity contribution in [1.29, 1.82) is 0 Å². The molecule has 2 unspecified atom stereocenters. The van der Waals surface area contributed by atoms with Crippen molar-refractivity contribution in [1.82, 2.24) is 10.2 Å². The Balaban J connectivity index is 1.43. The summed E-state index contributed by atoms with van der Waals surface area (Å²) in [7, 11) is 0. The van der Waals surface area contributed by atoms with Crippen LogP contribution in [0.2, 0.25) is 0 Å². The van der Waals surface area contributed by atoms with Crippen molar-refractivity contribution in [2.45, 2.75) is 69.6 Å². The molecule has 0 spiro atoms. The molecule has 2 N–H and O–H groups in total. The smallest absolute Gasteiger partial charge is 0.223 e. The minimum Gasteiger partial charge on any atom is -0.391 e. The van der Waals surface area contributed by atoms with Crippen LogP contribution in [0.1, 0.15) is 51.4 Å². The number of allylic oxidation sites excluding steroid dienone is 2. The zero-order chi connectivity index (χ0) is 14.7. The summed E-state index contributed by atoms with van der Waals surface area (Å²) in [6.45, 7) is 2.02. The summed E-state index contributed by atoms with van der Waals surface area (Å²) >= 11 is 0. The monoisotopic (exact) mass is 292 g/mol. The van der Waals surface area contributed by atoms with E-state index in [0.29, 0.717) is 12.1 Å². The van der Waals surface area contributed by atoms with Crippen LogP contribution in [0.3, 0.4) is 0 Å². The molecule has 2 aliphatic carbocycles. The van der Waals surface area contributed by atoms with Crippen LogP contribution >= 0.6 is 0 Å².